The van der Waals surface area contributed by atoms with Crippen LogP contribution >= 0.6 is 11.3 Å². The molecule has 1 N–H and O–H groups in total. The van der Waals surface area contributed by atoms with Crippen LogP contribution in [0, 0.1) is 0 Å². The highest BCUT2D eigenvalue weighted by Gasteiger charge is 2.26. The van der Waals surface area contributed by atoms with Crippen LogP contribution in [0.2, 0.25) is 0 Å². The summed E-state index contributed by atoms with van der Waals surface area (Å²) in [6.07, 6.45) is 0.588. The fraction of sp³-hybridized carbons (Fsp3) is 0.375. The van der Waals surface area contributed by atoms with Gasteiger partial charge in [0.1, 0.15) is 0 Å². The van der Waals surface area contributed by atoms with Gasteiger partial charge in [-0.25, -0.2) is 13.4 Å². The Morgan fingerprint density at radius 2 is 1.56 bits per heavy atom. The van der Waals surface area contributed by atoms with Crippen molar-refractivity contribution in [3.8, 4) is 0 Å². The van der Waals surface area contributed by atoms with E-state index in [1.807, 2.05) is 12.3 Å². The van der Waals surface area contributed by atoms with Gasteiger partial charge in [0.05, 0.1) is 17.5 Å². The molecule has 0 saturated carbocycles. The van der Waals surface area contributed by atoms with E-state index in [4.69, 9.17) is 0 Å². The molecule has 1 fully saturated rings. The Hall–Kier alpha value is -2.26. The van der Waals surface area contributed by atoms with Crippen LogP contribution < -0.4 is 4.72 Å². The van der Waals surface area contributed by atoms with Gasteiger partial charge in [0.2, 0.25) is 10.0 Å². The molecule has 0 aliphatic carbocycles. The Morgan fingerprint density at radius 3 is 2.12 bits per heavy atom. The zero-order valence-electron chi connectivity index (χ0n) is 18.4. The molecule has 0 spiro atoms. The third-order valence-corrected chi connectivity index (χ3v) is 8.04. The molecule has 0 radical (unpaired) electrons. The number of piperazine rings is 1. The molecular weight excluding hydrogens is 440 g/mol. The van der Waals surface area contributed by atoms with Gasteiger partial charge in [0, 0.05) is 38.1 Å². The first kappa shape index (κ1) is 22.9. The van der Waals surface area contributed by atoms with Gasteiger partial charge in [-0.2, -0.15) is 0 Å². The monoisotopic (exact) mass is 470 g/mol. The quantitative estimate of drug-likeness (QED) is 0.508. The second-order valence-electron chi connectivity index (χ2n) is 8.10. The summed E-state index contributed by atoms with van der Waals surface area (Å²) in [4.78, 5) is 9.43. The molecule has 0 bridgehead atoms. The van der Waals surface area contributed by atoms with E-state index in [1.165, 1.54) is 22.5 Å². The molecule has 1 aliphatic rings. The van der Waals surface area contributed by atoms with Crippen LogP contribution in [0.4, 0.5) is 5.13 Å². The summed E-state index contributed by atoms with van der Waals surface area (Å²) in [6, 6.07) is 21.6. The maximum atomic E-state index is 12.0. The molecule has 0 unspecified atom stereocenters. The van der Waals surface area contributed by atoms with E-state index in [2.05, 4.69) is 80.2 Å². The Labute approximate surface area is 195 Å². The Kier molecular flexibility index (Phi) is 7.57. The van der Waals surface area contributed by atoms with Crippen molar-refractivity contribution in [1.29, 1.82) is 0 Å². The second kappa shape index (κ2) is 10.6. The molecule has 1 aromatic heterocycles. The molecule has 1 aliphatic heterocycles. The van der Waals surface area contributed by atoms with Gasteiger partial charge in [-0.1, -0.05) is 67.6 Å². The molecule has 0 amide bonds. The summed E-state index contributed by atoms with van der Waals surface area (Å²) in [5, 5.41) is 2.41. The highest BCUT2D eigenvalue weighted by molar-refractivity contribution is 7.92. The normalized spacial score (nSPS) is 15.8. The molecule has 3 aromatic rings. The van der Waals surface area contributed by atoms with E-state index in [1.54, 1.807) is 0 Å². The highest BCUT2D eigenvalue weighted by atomic mass is 32.2. The van der Waals surface area contributed by atoms with Crippen molar-refractivity contribution in [3.63, 3.8) is 0 Å². The van der Waals surface area contributed by atoms with Crippen LogP contribution in [0.25, 0.3) is 0 Å². The Balaban J connectivity index is 1.38. The summed E-state index contributed by atoms with van der Waals surface area (Å²) >= 11 is 1.35. The van der Waals surface area contributed by atoms with Gasteiger partial charge in [-0.05, 0) is 17.5 Å². The van der Waals surface area contributed by atoms with Crippen molar-refractivity contribution in [2.24, 2.45) is 0 Å². The number of aromatic nitrogens is 1. The lowest BCUT2D eigenvalue weighted by Gasteiger charge is -2.39. The van der Waals surface area contributed by atoms with Gasteiger partial charge in [-0.3, -0.25) is 14.5 Å². The van der Waals surface area contributed by atoms with E-state index < -0.39 is 10.0 Å². The van der Waals surface area contributed by atoms with Crippen LogP contribution in [-0.2, 0) is 16.6 Å². The molecule has 170 valence electrons. The Morgan fingerprint density at radius 1 is 0.969 bits per heavy atom. The first-order valence-electron chi connectivity index (χ1n) is 11.1. The van der Waals surface area contributed by atoms with Crippen LogP contribution in [0.3, 0.4) is 0 Å². The molecule has 8 heteroatoms. The van der Waals surface area contributed by atoms with Crippen molar-refractivity contribution >= 4 is 26.5 Å². The summed E-state index contributed by atoms with van der Waals surface area (Å²) in [6.45, 7) is 6.42. The minimum absolute atomic E-state index is 0.119. The largest absolute Gasteiger partial charge is 0.295 e. The van der Waals surface area contributed by atoms with E-state index in [-0.39, 0.29) is 11.8 Å². The summed E-state index contributed by atoms with van der Waals surface area (Å²) in [5.41, 5.74) is 3.55. The van der Waals surface area contributed by atoms with Crippen molar-refractivity contribution < 1.29 is 8.42 Å². The van der Waals surface area contributed by atoms with Gasteiger partial charge in [0.25, 0.3) is 0 Å². The number of anilines is 1. The van der Waals surface area contributed by atoms with Crippen LogP contribution in [-0.4, -0.2) is 55.1 Å². The first-order chi connectivity index (χ1) is 15.5. The number of nitrogens with one attached hydrogen (secondary N) is 1. The predicted octanol–water partition coefficient (Wildman–Crippen LogP) is 4.20. The maximum absolute atomic E-state index is 12.0. The number of nitrogens with zero attached hydrogens (tertiary/aromatic N) is 3. The van der Waals surface area contributed by atoms with Crippen molar-refractivity contribution in [2.45, 2.75) is 25.9 Å². The van der Waals surface area contributed by atoms with E-state index >= 15 is 0 Å². The number of hydrogen-bond acceptors (Lipinski definition) is 6. The highest BCUT2D eigenvalue weighted by Crippen LogP contribution is 2.29. The average Bonchev–Trinajstić information content (AvgIpc) is 3.22. The maximum Gasteiger partial charge on any atom is 0.234 e. The smallest absolute Gasteiger partial charge is 0.234 e. The minimum atomic E-state index is -3.30. The van der Waals surface area contributed by atoms with Crippen molar-refractivity contribution in [3.05, 3.63) is 82.9 Å². The van der Waals surface area contributed by atoms with Crippen LogP contribution in [0.15, 0.2) is 66.0 Å². The molecule has 32 heavy (non-hydrogen) atoms. The minimum Gasteiger partial charge on any atom is -0.295 e. The van der Waals surface area contributed by atoms with Crippen molar-refractivity contribution in [1.82, 2.24) is 14.8 Å². The molecular formula is C24H30N4O2S2. The molecule has 2 aromatic carbocycles. The fourth-order valence-corrected chi connectivity index (χ4v) is 6.24. The van der Waals surface area contributed by atoms with Crippen molar-refractivity contribution in [2.75, 3.05) is 36.7 Å². The van der Waals surface area contributed by atoms with E-state index in [9.17, 15) is 8.42 Å². The molecule has 2 heterocycles. The van der Waals surface area contributed by atoms with E-state index in [0.717, 1.165) is 38.4 Å². The standard InChI is InChI=1S/C24H30N4O2S2/c1-2-17-32(29,30)26-24-25-22(19-31-24)18-27-13-15-28(16-14-27)23(20-9-5-3-6-10-20)21-11-7-4-8-12-21/h3-12,19,23H,2,13-18H2,1H3,(H,25,26). The number of sulfonamides is 1. The summed E-state index contributed by atoms with van der Waals surface area (Å²) in [5.74, 6) is 0.119. The van der Waals surface area contributed by atoms with Crippen LogP contribution in [0.1, 0.15) is 36.2 Å². The third kappa shape index (κ3) is 5.95. The zero-order valence-corrected chi connectivity index (χ0v) is 20.0. The molecule has 4 rings (SSSR count). The Bertz CT molecular complexity index is 1040. The van der Waals surface area contributed by atoms with Gasteiger partial charge < -0.3 is 0 Å². The van der Waals surface area contributed by atoms with Gasteiger partial charge >= 0.3 is 0 Å². The zero-order chi connectivity index (χ0) is 22.4. The number of rotatable bonds is 9. The predicted molar refractivity (Wildman–Crippen MR) is 131 cm³/mol. The lowest BCUT2D eigenvalue weighted by atomic mass is 9.96. The van der Waals surface area contributed by atoms with Crippen LogP contribution in [0.5, 0.6) is 0 Å². The lowest BCUT2D eigenvalue weighted by molar-refractivity contribution is 0.104. The molecule has 6 nitrogen and oxygen atoms in total. The van der Waals surface area contributed by atoms with Gasteiger partial charge in [-0.15, -0.1) is 11.3 Å². The summed E-state index contributed by atoms with van der Waals surface area (Å²) in [7, 11) is -3.30. The fourth-order valence-electron chi connectivity index (χ4n) is 4.17. The third-order valence-electron chi connectivity index (χ3n) is 5.66. The number of benzene rings is 2. The molecule has 0 atom stereocenters. The van der Waals surface area contributed by atoms with Gasteiger partial charge in [0.15, 0.2) is 5.13 Å². The topological polar surface area (TPSA) is 65.5 Å². The first-order valence-corrected chi connectivity index (χ1v) is 13.6. The average molecular weight is 471 g/mol. The lowest BCUT2D eigenvalue weighted by Crippen LogP contribution is -2.47. The SMILES string of the molecule is CCCS(=O)(=O)Nc1nc(CN2CCN(C(c3ccccc3)c3ccccc3)CC2)cs1. The molecule has 1 saturated heterocycles. The number of thiazole rings is 1. The summed E-state index contributed by atoms with van der Waals surface area (Å²) < 4.78 is 26.5. The van der Waals surface area contributed by atoms with E-state index in [0.29, 0.717) is 11.6 Å². The second-order valence-corrected chi connectivity index (χ2v) is 10.8. The number of hydrogen-bond donors (Lipinski definition) is 1.